The maximum atomic E-state index is 13.1. The second-order valence-electron chi connectivity index (χ2n) is 3.54. The van der Waals surface area contributed by atoms with Crippen LogP contribution < -0.4 is 0 Å². The van der Waals surface area contributed by atoms with Gasteiger partial charge in [-0.15, -0.1) is 0 Å². The maximum absolute atomic E-state index is 13.1. The Kier molecular flexibility index (Phi) is 2.91. The number of hydrogen-bond donors (Lipinski definition) is 0. The van der Waals surface area contributed by atoms with Gasteiger partial charge in [0.15, 0.2) is 12.1 Å². The van der Waals surface area contributed by atoms with Gasteiger partial charge in [-0.2, -0.15) is 0 Å². The molecule has 0 aliphatic rings. The molecule has 1 aromatic carbocycles. The number of carbonyl (C=O) groups is 1. The van der Waals surface area contributed by atoms with Crippen molar-refractivity contribution in [3.8, 4) is 11.3 Å². The van der Waals surface area contributed by atoms with E-state index in [4.69, 9.17) is 0 Å². The van der Waals surface area contributed by atoms with Gasteiger partial charge < -0.3 is 0 Å². The first-order valence-electron chi connectivity index (χ1n) is 4.85. The first-order chi connectivity index (χ1) is 8.10. The molecule has 0 fully saturated rings. The molecule has 2 rings (SSSR count). The standard InChI is InChI=1S/C12H8F2N2O/c1-7-5-15-11(6-17)16-12(7)8-2-9(13)4-10(14)3-8/h2-6H,1H3. The van der Waals surface area contributed by atoms with E-state index in [1.54, 1.807) is 6.92 Å². The van der Waals surface area contributed by atoms with E-state index >= 15 is 0 Å². The van der Waals surface area contributed by atoms with Crippen molar-refractivity contribution in [3.05, 3.63) is 47.4 Å². The molecule has 0 bridgehead atoms. The van der Waals surface area contributed by atoms with Gasteiger partial charge in [0.2, 0.25) is 0 Å². The minimum absolute atomic E-state index is 0.0183. The molecule has 3 nitrogen and oxygen atoms in total. The Morgan fingerprint density at radius 2 is 1.82 bits per heavy atom. The summed E-state index contributed by atoms with van der Waals surface area (Å²) in [6, 6.07) is 3.10. The Balaban J connectivity index is 2.62. The molecule has 5 heteroatoms. The molecule has 0 unspecified atom stereocenters. The molecule has 0 spiro atoms. The van der Waals surface area contributed by atoms with Crippen molar-refractivity contribution >= 4 is 6.29 Å². The molecule has 0 N–H and O–H groups in total. The van der Waals surface area contributed by atoms with Gasteiger partial charge in [-0.1, -0.05) is 0 Å². The van der Waals surface area contributed by atoms with Crippen LogP contribution in [0.4, 0.5) is 8.78 Å². The SMILES string of the molecule is Cc1cnc(C=O)nc1-c1cc(F)cc(F)c1. The van der Waals surface area contributed by atoms with Gasteiger partial charge in [0.25, 0.3) is 0 Å². The molecule has 86 valence electrons. The lowest BCUT2D eigenvalue weighted by Gasteiger charge is -2.05. The van der Waals surface area contributed by atoms with E-state index in [-0.39, 0.29) is 11.4 Å². The quantitative estimate of drug-likeness (QED) is 0.750. The lowest BCUT2D eigenvalue weighted by molar-refractivity contribution is 0.111. The van der Waals surface area contributed by atoms with Crippen LogP contribution in [0.3, 0.4) is 0 Å². The Hall–Kier alpha value is -2.17. The molecule has 17 heavy (non-hydrogen) atoms. The van der Waals surface area contributed by atoms with Crippen molar-refractivity contribution in [3.63, 3.8) is 0 Å². The van der Waals surface area contributed by atoms with Gasteiger partial charge in [0.05, 0.1) is 5.69 Å². The van der Waals surface area contributed by atoms with E-state index in [1.165, 1.54) is 6.20 Å². The van der Waals surface area contributed by atoms with Crippen LogP contribution in [-0.2, 0) is 0 Å². The Bertz CT molecular complexity index is 564. The average Bonchev–Trinajstić information content (AvgIpc) is 2.28. The summed E-state index contributed by atoms with van der Waals surface area (Å²) in [7, 11) is 0. The molecule has 1 aromatic heterocycles. The Labute approximate surface area is 96.2 Å². The number of aryl methyl sites for hydroxylation is 1. The number of aldehydes is 1. The van der Waals surface area contributed by atoms with Crippen LogP contribution in [0.15, 0.2) is 24.4 Å². The maximum Gasteiger partial charge on any atom is 0.193 e. The molecule has 1 heterocycles. The van der Waals surface area contributed by atoms with Crippen molar-refractivity contribution in [1.29, 1.82) is 0 Å². The van der Waals surface area contributed by atoms with E-state index in [1.807, 2.05) is 0 Å². The minimum Gasteiger partial charge on any atom is -0.294 e. The first-order valence-corrected chi connectivity index (χ1v) is 4.85. The summed E-state index contributed by atoms with van der Waals surface area (Å²) in [5.41, 5.74) is 1.27. The molecular formula is C12H8F2N2O. The Morgan fingerprint density at radius 3 is 2.41 bits per heavy atom. The van der Waals surface area contributed by atoms with Crippen LogP contribution in [0.5, 0.6) is 0 Å². The van der Waals surface area contributed by atoms with E-state index in [9.17, 15) is 13.6 Å². The lowest BCUT2D eigenvalue weighted by Crippen LogP contribution is -1.98. The highest BCUT2D eigenvalue weighted by Crippen LogP contribution is 2.22. The van der Waals surface area contributed by atoms with Gasteiger partial charge in [0.1, 0.15) is 11.6 Å². The predicted octanol–water partition coefficient (Wildman–Crippen LogP) is 2.54. The van der Waals surface area contributed by atoms with Gasteiger partial charge in [-0.25, -0.2) is 18.7 Å². The number of halogens is 2. The predicted molar refractivity (Wildman–Crippen MR) is 57.5 cm³/mol. The van der Waals surface area contributed by atoms with Crippen molar-refractivity contribution in [2.75, 3.05) is 0 Å². The van der Waals surface area contributed by atoms with Crippen molar-refractivity contribution in [2.24, 2.45) is 0 Å². The van der Waals surface area contributed by atoms with E-state index in [0.29, 0.717) is 17.5 Å². The summed E-state index contributed by atoms with van der Waals surface area (Å²) < 4.78 is 26.1. The number of benzene rings is 1. The number of nitrogens with zero attached hydrogens (tertiary/aromatic N) is 2. The monoisotopic (exact) mass is 234 g/mol. The molecule has 2 aromatic rings. The highest BCUT2D eigenvalue weighted by atomic mass is 19.1. The number of rotatable bonds is 2. The molecular weight excluding hydrogens is 226 g/mol. The summed E-state index contributed by atoms with van der Waals surface area (Å²) in [5.74, 6) is -1.40. The molecule has 0 aliphatic heterocycles. The first kappa shape index (κ1) is 11.3. The van der Waals surface area contributed by atoms with Crippen LogP contribution in [0.2, 0.25) is 0 Å². The second-order valence-corrected chi connectivity index (χ2v) is 3.54. The van der Waals surface area contributed by atoms with Gasteiger partial charge in [-0.05, 0) is 24.6 Å². The normalized spacial score (nSPS) is 10.3. The highest BCUT2D eigenvalue weighted by Gasteiger charge is 2.09. The number of hydrogen-bond acceptors (Lipinski definition) is 3. The van der Waals surface area contributed by atoms with E-state index < -0.39 is 11.6 Å². The van der Waals surface area contributed by atoms with Crippen LogP contribution in [0.1, 0.15) is 16.2 Å². The molecule has 0 aliphatic carbocycles. The molecule has 0 saturated heterocycles. The Morgan fingerprint density at radius 1 is 1.18 bits per heavy atom. The summed E-state index contributed by atoms with van der Waals surface area (Å²) in [6.07, 6.45) is 1.92. The van der Waals surface area contributed by atoms with Gasteiger partial charge >= 0.3 is 0 Å². The third-order valence-corrected chi connectivity index (χ3v) is 2.23. The zero-order valence-corrected chi connectivity index (χ0v) is 8.95. The van der Waals surface area contributed by atoms with Crippen LogP contribution in [0, 0.1) is 18.6 Å². The fourth-order valence-corrected chi connectivity index (χ4v) is 1.50. The lowest BCUT2D eigenvalue weighted by atomic mass is 10.1. The largest absolute Gasteiger partial charge is 0.294 e. The minimum atomic E-state index is -0.689. The van der Waals surface area contributed by atoms with Crippen LogP contribution >= 0.6 is 0 Å². The summed E-state index contributed by atoms with van der Waals surface area (Å²) in [5, 5.41) is 0. The third-order valence-electron chi connectivity index (χ3n) is 2.23. The van der Waals surface area contributed by atoms with Crippen LogP contribution in [-0.4, -0.2) is 16.3 Å². The second kappa shape index (κ2) is 4.37. The van der Waals surface area contributed by atoms with Gasteiger partial charge in [-0.3, -0.25) is 4.79 Å². The fraction of sp³-hybridized carbons (Fsp3) is 0.0833. The summed E-state index contributed by atoms with van der Waals surface area (Å²) in [6.45, 7) is 1.70. The van der Waals surface area contributed by atoms with Crippen molar-refractivity contribution in [1.82, 2.24) is 9.97 Å². The smallest absolute Gasteiger partial charge is 0.193 e. The fourth-order valence-electron chi connectivity index (χ4n) is 1.50. The van der Waals surface area contributed by atoms with E-state index in [0.717, 1.165) is 18.2 Å². The molecule has 0 saturated carbocycles. The van der Waals surface area contributed by atoms with Crippen LogP contribution in [0.25, 0.3) is 11.3 Å². The zero-order chi connectivity index (χ0) is 12.4. The van der Waals surface area contributed by atoms with Crippen molar-refractivity contribution in [2.45, 2.75) is 6.92 Å². The number of aromatic nitrogens is 2. The molecule has 0 radical (unpaired) electrons. The highest BCUT2D eigenvalue weighted by molar-refractivity contribution is 5.72. The number of carbonyl (C=O) groups excluding carboxylic acids is 1. The topological polar surface area (TPSA) is 42.9 Å². The van der Waals surface area contributed by atoms with Crippen molar-refractivity contribution < 1.29 is 13.6 Å². The third kappa shape index (κ3) is 2.33. The zero-order valence-electron chi connectivity index (χ0n) is 8.95. The molecule has 0 amide bonds. The molecule has 0 atom stereocenters. The summed E-state index contributed by atoms with van der Waals surface area (Å²) >= 11 is 0. The van der Waals surface area contributed by atoms with Gasteiger partial charge in [0, 0.05) is 17.8 Å². The average molecular weight is 234 g/mol. The summed E-state index contributed by atoms with van der Waals surface area (Å²) in [4.78, 5) is 18.3. The van der Waals surface area contributed by atoms with E-state index in [2.05, 4.69) is 9.97 Å².